The highest BCUT2D eigenvalue weighted by Gasteiger charge is 2.18. The van der Waals surface area contributed by atoms with Gasteiger partial charge in [-0.25, -0.2) is 12.7 Å². The minimum Gasteiger partial charge on any atom is -0.350 e. The molecule has 0 aliphatic heterocycles. The largest absolute Gasteiger partial charge is 0.350 e. The van der Waals surface area contributed by atoms with Gasteiger partial charge in [0.1, 0.15) is 0 Å². The molecular formula is C16H27ClN4O4S. The fourth-order valence-electron chi connectivity index (χ4n) is 1.84. The molecule has 0 bridgehead atoms. The summed E-state index contributed by atoms with van der Waals surface area (Å²) < 4.78 is 25.1. The van der Waals surface area contributed by atoms with Crippen LogP contribution in [0.15, 0.2) is 29.2 Å². The molecule has 10 heteroatoms. The van der Waals surface area contributed by atoms with Crippen LogP contribution < -0.4 is 16.4 Å². The lowest BCUT2D eigenvalue weighted by molar-refractivity contribution is -0.127. The zero-order valence-corrected chi connectivity index (χ0v) is 17.0. The van der Waals surface area contributed by atoms with Gasteiger partial charge in [-0.2, -0.15) is 0 Å². The number of rotatable bonds is 8. The van der Waals surface area contributed by atoms with Crippen molar-refractivity contribution in [1.29, 1.82) is 0 Å². The number of amides is 2. The maximum atomic E-state index is 12.0. The van der Waals surface area contributed by atoms with Gasteiger partial charge in [0.25, 0.3) is 0 Å². The van der Waals surface area contributed by atoms with Gasteiger partial charge in [0.2, 0.25) is 21.8 Å². The number of carbonyl (C=O) groups is 2. The van der Waals surface area contributed by atoms with Crippen molar-refractivity contribution >= 4 is 34.2 Å². The summed E-state index contributed by atoms with van der Waals surface area (Å²) in [5, 5.41) is 5.13. The van der Waals surface area contributed by atoms with E-state index in [1.165, 1.54) is 26.2 Å². The van der Waals surface area contributed by atoms with E-state index < -0.39 is 16.1 Å². The molecule has 0 fully saturated rings. The Morgan fingerprint density at radius 2 is 1.65 bits per heavy atom. The minimum absolute atomic E-state index is 0. The van der Waals surface area contributed by atoms with Crippen LogP contribution in [0.1, 0.15) is 19.4 Å². The highest BCUT2D eigenvalue weighted by molar-refractivity contribution is 7.89. The molecule has 0 saturated carbocycles. The van der Waals surface area contributed by atoms with Crippen molar-refractivity contribution in [1.82, 2.24) is 14.9 Å². The van der Waals surface area contributed by atoms with Crippen LogP contribution in [-0.2, 0) is 26.2 Å². The van der Waals surface area contributed by atoms with Gasteiger partial charge in [-0.3, -0.25) is 9.59 Å². The lowest BCUT2D eigenvalue weighted by Crippen LogP contribution is -2.47. The Morgan fingerprint density at radius 1 is 1.12 bits per heavy atom. The van der Waals surface area contributed by atoms with Crippen LogP contribution in [0.3, 0.4) is 0 Å². The van der Waals surface area contributed by atoms with Crippen molar-refractivity contribution < 1.29 is 18.0 Å². The van der Waals surface area contributed by atoms with Gasteiger partial charge in [0, 0.05) is 20.6 Å². The fraction of sp³-hybridized carbons (Fsp3) is 0.500. The van der Waals surface area contributed by atoms with Crippen LogP contribution in [0.5, 0.6) is 0 Å². The van der Waals surface area contributed by atoms with Gasteiger partial charge in [-0.1, -0.05) is 26.0 Å². The quantitative estimate of drug-likeness (QED) is 0.564. The molecule has 0 saturated heterocycles. The van der Waals surface area contributed by atoms with E-state index in [9.17, 15) is 18.0 Å². The summed E-state index contributed by atoms with van der Waals surface area (Å²) in [6, 6.07) is 5.58. The maximum Gasteiger partial charge on any atom is 0.242 e. The first kappa shape index (κ1) is 24.3. The summed E-state index contributed by atoms with van der Waals surface area (Å²) in [6.07, 6.45) is 0. The Labute approximate surface area is 161 Å². The number of nitrogens with zero attached hydrogens (tertiary/aromatic N) is 1. The third-order valence-electron chi connectivity index (χ3n) is 3.64. The van der Waals surface area contributed by atoms with Crippen LogP contribution in [0.4, 0.5) is 0 Å². The smallest absolute Gasteiger partial charge is 0.242 e. The molecule has 4 N–H and O–H groups in total. The van der Waals surface area contributed by atoms with Gasteiger partial charge in [0.15, 0.2) is 0 Å². The summed E-state index contributed by atoms with van der Waals surface area (Å²) in [6.45, 7) is 3.72. The second kappa shape index (κ2) is 10.5. The van der Waals surface area contributed by atoms with Crippen molar-refractivity contribution in [2.75, 3.05) is 20.6 Å². The van der Waals surface area contributed by atoms with E-state index >= 15 is 0 Å². The topological polar surface area (TPSA) is 122 Å². The third-order valence-corrected chi connectivity index (χ3v) is 5.47. The van der Waals surface area contributed by atoms with Crippen LogP contribution in [0.25, 0.3) is 0 Å². The van der Waals surface area contributed by atoms with Crippen molar-refractivity contribution in [3.05, 3.63) is 29.8 Å². The monoisotopic (exact) mass is 406 g/mol. The SMILES string of the molecule is CC(C)[C@H](N)C(=O)NCC(=O)NCc1ccc(S(=O)(=O)N(C)C)cc1.Cl. The fourth-order valence-corrected chi connectivity index (χ4v) is 2.74. The van der Waals surface area contributed by atoms with E-state index in [0.29, 0.717) is 0 Å². The Kier molecular flexibility index (Phi) is 9.79. The third kappa shape index (κ3) is 6.91. The first-order valence-corrected chi connectivity index (χ1v) is 9.31. The summed E-state index contributed by atoms with van der Waals surface area (Å²) in [5.74, 6) is -0.738. The van der Waals surface area contributed by atoms with Crippen LogP contribution >= 0.6 is 12.4 Å². The van der Waals surface area contributed by atoms with E-state index in [0.717, 1.165) is 9.87 Å². The molecule has 0 aliphatic rings. The molecule has 1 atom stereocenters. The average molecular weight is 407 g/mol. The predicted octanol–water partition coefficient (Wildman–Crippen LogP) is 0.0744. The zero-order chi connectivity index (χ0) is 19.2. The van der Waals surface area contributed by atoms with Crippen LogP contribution in [-0.4, -0.2) is 51.2 Å². The van der Waals surface area contributed by atoms with E-state index in [4.69, 9.17) is 5.73 Å². The van der Waals surface area contributed by atoms with E-state index in [1.807, 2.05) is 13.8 Å². The molecule has 8 nitrogen and oxygen atoms in total. The average Bonchev–Trinajstić information content (AvgIpc) is 2.57. The van der Waals surface area contributed by atoms with Gasteiger partial charge < -0.3 is 16.4 Å². The number of hydrogen-bond donors (Lipinski definition) is 3. The molecular weight excluding hydrogens is 380 g/mol. The van der Waals surface area contributed by atoms with Gasteiger partial charge in [-0.15, -0.1) is 12.4 Å². The first-order valence-electron chi connectivity index (χ1n) is 7.87. The predicted molar refractivity (Wildman–Crippen MR) is 102 cm³/mol. The number of sulfonamides is 1. The molecule has 148 valence electrons. The zero-order valence-electron chi connectivity index (χ0n) is 15.4. The lowest BCUT2D eigenvalue weighted by Gasteiger charge is -2.15. The molecule has 1 aromatic rings. The minimum atomic E-state index is -3.47. The second-order valence-electron chi connectivity index (χ2n) is 6.20. The second-order valence-corrected chi connectivity index (χ2v) is 8.35. The van der Waals surface area contributed by atoms with Crippen LogP contribution in [0.2, 0.25) is 0 Å². The molecule has 0 aromatic heterocycles. The number of benzene rings is 1. The van der Waals surface area contributed by atoms with Crippen molar-refractivity contribution in [2.45, 2.75) is 31.3 Å². The van der Waals surface area contributed by atoms with E-state index in [-0.39, 0.29) is 48.1 Å². The van der Waals surface area contributed by atoms with Gasteiger partial charge in [-0.05, 0) is 23.6 Å². The maximum absolute atomic E-state index is 12.0. The lowest BCUT2D eigenvalue weighted by atomic mass is 10.1. The van der Waals surface area contributed by atoms with Crippen molar-refractivity contribution in [3.8, 4) is 0 Å². The first-order chi connectivity index (χ1) is 11.6. The number of hydrogen-bond acceptors (Lipinski definition) is 5. The number of carbonyl (C=O) groups excluding carboxylic acids is 2. The molecule has 0 radical (unpaired) electrons. The Morgan fingerprint density at radius 3 is 2.12 bits per heavy atom. The molecule has 1 rings (SSSR count). The van der Waals surface area contributed by atoms with Gasteiger partial charge in [0.05, 0.1) is 17.5 Å². The molecule has 0 unspecified atom stereocenters. The van der Waals surface area contributed by atoms with Crippen molar-refractivity contribution in [2.24, 2.45) is 11.7 Å². The molecule has 0 aliphatic carbocycles. The highest BCUT2D eigenvalue weighted by atomic mass is 35.5. The number of nitrogens with one attached hydrogen (secondary N) is 2. The van der Waals surface area contributed by atoms with Crippen molar-refractivity contribution in [3.63, 3.8) is 0 Å². The molecule has 1 aromatic carbocycles. The highest BCUT2D eigenvalue weighted by Crippen LogP contribution is 2.13. The summed E-state index contributed by atoms with van der Waals surface area (Å²) >= 11 is 0. The Balaban J connectivity index is 0.00000625. The standard InChI is InChI=1S/C16H26N4O4S.ClH/c1-11(2)15(17)16(22)19-10-14(21)18-9-12-5-7-13(8-6-12)25(23,24)20(3)4;/h5-8,11,15H,9-10,17H2,1-4H3,(H,18,21)(H,19,22);1H/t15-;/m0./s1. The normalized spacial score (nSPS) is 12.4. The van der Waals surface area contributed by atoms with Gasteiger partial charge >= 0.3 is 0 Å². The summed E-state index contributed by atoms with van der Waals surface area (Å²) in [7, 11) is -0.549. The summed E-state index contributed by atoms with van der Waals surface area (Å²) in [4.78, 5) is 23.6. The summed E-state index contributed by atoms with van der Waals surface area (Å²) in [5.41, 5.74) is 6.43. The van der Waals surface area contributed by atoms with Crippen LogP contribution in [0, 0.1) is 5.92 Å². The molecule has 2 amide bonds. The molecule has 0 spiro atoms. The van der Waals surface area contributed by atoms with E-state index in [2.05, 4.69) is 10.6 Å². The Bertz CT molecular complexity index is 705. The molecule has 26 heavy (non-hydrogen) atoms. The molecule has 0 heterocycles. The van der Waals surface area contributed by atoms with E-state index in [1.54, 1.807) is 12.1 Å². The number of halogens is 1. The number of nitrogens with two attached hydrogens (primary N) is 1. The Hall–Kier alpha value is -1.68.